The molecule has 3 heteroatoms. The van der Waals surface area contributed by atoms with E-state index in [4.69, 9.17) is 9.47 Å². The van der Waals surface area contributed by atoms with Gasteiger partial charge in [0.05, 0.1) is 0 Å². The number of aliphatic hydroxyl groups excluding tert-OH is 1. The van der Waals surface area contributed by atoms with Crippen molar-refractivity contribution in [3.05, 3.63) is 25.3 Å². The van der Waals surface area contributed by atoms with Crippen LogP contribution in [-0.2, 0) is 9.47 Å². The van der Waals surface area contributed by atoms with Crippen LogP contribution in [0.15, 0.2) is 25.3 Å². The molecule has 0 radical (unpaired) electrons. The van der Waals surface area contributed by atoms with Crippen LogP contribution in [0.25, 0.3) is 0 Å². The smallest absolute Gasteiger partial charge is 0.164 e. The largest absolute Gasteiger partial charge is 0.386 e. The van der Waals surface area contributed by atoms with Crippen LogP contribution < -0.4 is 0 Å². The van der Waals surface area contributed by atoms with Gasteiger partial charge in [-0.15, -0.1) is 13.2 Å². The Balaban J connectivity index is 2.74. The second-order valence-electron chi connectivity index (χ2n) is 3.53. The SMILES string of the molecule is C=CC1OC(C)(C)O[C@@H]1[C@H](O)C=C. The molecule has 0 amide bonds. The molecule has 0 aliphatic carbocycles. The van der Waals surface area contributed by atoms with E-state index in [0.717, 1.165) is 0 Å². The van der Waals surface area contributed by atoms with E-state index >= 15 is 0 Å². The van der Waals surface area contributed by atoms with Gasteiger partial charge in [-0.2, -0.15) is 0 Å². The third-order valence-corrected chi connectivity index (χ3v) is 1.97. The highest BCUT2D eigenvalue weighted by atomic mass is 16.8. The van der Waals surface area contributed by atoms with Crippen molar-refractivity contribution in [3.63, 3.8) is 0 Å². The molecule has 0 bridgehead atoms. The van der Waals surface area contributed by atoms with Crippen molar-refractivity contribution in [2.24, 2.45) is 0 Å². The third kappa shape index (κ3) is 2.18. The van der Waals surface area contributed by atoms with Gasteiger partial charge in [-0.3, -0.25) is 0 Å². The molecule has 3 nitrogen and oxygen atoms in total. The van der Waals surface area contributed by atoms with Crippen LogP contribution in [0.1, 0.15) is 13.8 Å². The lowest BCUT2D eigenvalue weighted by Crippen LogP contribution is -2.32. The molecule has 1 aliphatic rings. The zero-order valence-corrected chi connectivity index (χ0v) is 8.06. The maximum absolute atomic E-state index is 9.52. The molecule has 1 aliphatic heterocycles. The summed E-state index contributed by atoms with van der Waals surface area (Å²) in [5.41, 5.74) is 0. The normalized spacial score (nSPS) is 34.1. The van der Waals surface area contributed by atoms with E-state index in [0.29, 0.717) is 0 Å². The van der Waals surface area contributed by atoms with Gasteiger partial charge in [0.2, 0.25) is 0 Å². The predicted molar refractivity (Wildman–Crippen MR) is 50.2 cm³/mol. The van der Waals surface area contributed by atoms with Gasteiger partial charge in [-0.25, -0.2) is 0 Å². The van der Waals surface area contributed by atoms with E-state index in [1.54, 1.807) is 19.9 Å². The Bertz CT molecular complexity index is 210. The van der Waals surface area contributed by atoms with Crippen molar-refractivity contribution < 1.29 is 14.6 Å². The van der Waals surface area contributed by atoms with Gasteiger partial charge in [0.1, 0.15) is 18.3 Å². The third-order valence-electron chi connectivity index (χ3n) is 1.97. The summed E-state index contributed by atoms with van der Waals surface area (Å²) in [6.45, 7) is 10.7. The van der Waals surface area contributed by atoms with E-state index in [1.807, 2.05) is 0 Å². The monoisotopic (exact) mass is 184 g/mol. The molecule has 0 aromatic rings. The van der Waals surface area contributed by atoms with Crippen LogP contribution in [0.2, 0.25) is 0 Å². The predicted octanol–water partition coefficient (Wildman–Crippen LogP) is 1.24. The van der Waals surface area contributed by atoms with Gasteiger partial charge >= 0.3 is 0 Å². The van der Waals surface area contributed by atoms with Crippen LogP contribution in [0.5, 0.6) is 0 Å². The van der Waals surface area contributed by atoms with Gasteiger partial charge in [-0.05, 0) is 13.8 Å². The first kappa shape index (κ1) is 10.4. The Kier molecular flexibility index (Phi) is 2.91. The molecular formula is C10H16O3. The molecule has 1 unspecified atom stereocenters. The average molecular weight is 184 g/mol. The molecule has 0 aromatic heterocycles. The Morgan fingerprint density at radius 1 is 1.38 bits per heavy atom. The van der Waals surface area contributed by atoms with Gasteiger partial charge in [0.25, 0.3) is 0 Å². The topological polar surface area (TPSA) is 38.7 Å². The van der Waals surface area contributed by atoms with Gasteiger partial charge in [-0.1, -0.05) is 12.2 Å². The van der Waals surface area contributed by atoms with E-state index in [-0.39, 0.29) is 6.10 Å². The Morgan fingerprint density at radius 3 is 2.46 bits per heavy atom. The summed E-state index contributed by atoms with van der Waals surface area (Å²) in [4.78, 5) is 0. The molecule has 3 atom stereocenters. The Hall–Kier alpha value is -0.640. The van der Waals surface area contributed by atoms with Crippen LogP contribution in [0.3, 0.4) is 0 Å². The molecule has 1 fully saturated rings. The zero-order chi connectivity index (χ0) is 10.1. The van der Waals surface area contributed by atoms with E-state index in [1.165, 1.54) is 6.08 Å². The summed E-state index contributed by atoms with van der Waals surface area (Å²) in [5.74, 6) is -0.659. The minimum absolute atomic E-state index is 0.275. The number of aliphatic hydroxyl groups is 1. The second-order valence-corrected chi connectivity index (χ2v) is 3.53. The standard InChI is InChI=1S/C10H16O3/c1-5-7(11)9-8(6-2)12-10(3,4)13-9/h5-9,11H,1-2H2,3-4H3/t7-,8?,9-/m1/s1. The molecule has 74 valence electrons. The van der Waals surface area contributed by atoms with E-state index < -0.39 is 18.0 Å². The molecule has 1 saturated heterocycles. The van der Waals surface area contributed by atoms with Crippen LogP contribution in [0.4, 0.5) is 0 Å². The quantitative estimate of drug-likeness (QED) is 0.671. The maximum atomic E-state index is 9.52. The molecular weight excluding hydrogens is 168 g/mol. The summed E-state index contributed by atoms with van der Waals surface area (Å²) < 4.78 is 11.0. The van der Waals surface area contributed by atoms with Crippen molar-refractivity contribution >= 4 is 0 Å². The summed E-state index contributed by atoms with van der Waals surface area (Å²) >= 11 is 0. The van der Waals surface area contributed by atoms with Gasteiger partial charge in [0.15, 0.2) is 5.79 Å². The fourth-order valence-electron chi connectivity index (χ4n) is 1.40. The average Bonchev–Trinajstić information content (AvgIpc) is 2.39. The lowest BCUT2D eigenvalue weighted by Gasteiger charge is -2.18. The molecule has 1 rings (SSSR count). The summed E-state index contributed by atoms with van der Waals surface area (Å²) in [5, 5.41) is 9.52. The van der Waals surface area contributed by atoms with Gasteiger partial charge in [0, 0.05) is 0 Å². The number of rotatable bonds is 3. The van der Waals surface area contributed by atoms with Crippen LogP contribution >= 0.6 is 0 Å². The van der Waals surface area contributed by atoms with E-state index in [9.17, 15) is 5.11 Å². The summed E-state index contributed by atoms with van der Waals surface area (Å²) in [6.07, 6.45) is 1.68. The number of ether oxygens (including phenoxy) is 2. The lowest BCUT2D eigenvalue weighted by atomic mass is 10.1. The molecule has 13 heavy (non-hydrogen) atoms. The van der Waals surface area contributed by atoms with Crippen molar-refractivity contribution in [3.8, 4) is 0 Å². The van der Waals surface area contributed by atoms with Crippen LogP contribution in [-0.4, -0.2) is 29.2 Å². The van der Waals surface area contributed by atoms with Crippen molar-refractivity contribution in [2.45, 2.75) is 37.9 Å². The van der Waals surface area contributed by atoms with Crippen molar-refractivity contribution in [2.75, 3.05) is 0 Å². The molecule has 0 spiro atoms. The second kappa shape index (κ2) is 3.62. The fraction of sp³-hybridized carbons (Fsp3) is 0.600. The lowest BCUT2D eigenvalue weighted by molar-refractivity contribution is -0.150. The highest BCUT2D eigenvalue weighted by Gasteiger charge is 2.42. The molecule has 1 heterocycles. The van der Waals surface area contributed by atoms with Crippen molar-refractivity contribution in [1.82, 2.24) is 0 Å². The Morgan fingerprint density at radius 2 is 2.00 bits per heavy atom. The number of hydrogen-bond acceptors (Lipinski definition) is 3. The Labute approximate surface area is 78.7 Å². The fourth-order valence-corrected chi connectivity index (χ4v) is 1.40. The van der Waals surface area contributed by atoms with Crippen molar-refractivity contribution in [1.29, 1.82) is 0 Å². The minimum Gasteiger partial charge on any atom is -0.386 e. The molecule has 1 N–H and O–H groups in total. The van der Waals surface area contributed by atoms with Gasteiger partial charge < -0.3 is 14.6 Å². The molecule has 0 saturated carbocycles. The highest BCUT2D eigenvalue weighted by molar-refractivity contribution is 5.00. The maximum Gasteiger partial charge on any atom is 0.164 e. The van der Waals surface area contributed by atoms with Crippen LogP contribution in [0, 0.1) is 0 Å². The first-order valence-electron chi connectivity index (χ1n) is 4.29. The first-order chi connectivity index (χ1) is 6.00. The summed E-state index contributed by atoms with van der Waals surface area (Å²) in [7, 11) is 0. The first-order valence-corrected chi connectivity index (χ1v) is 4.29. The van der Waals surface area contributed by atoms with E-state index in [2.05, 4.69) is 13.2 Å². The molecule has 0 aromatic carbocycles. The highest BCUT2D eigenvalue weighted by Crippen LogP contribution is 2.30. The summed E-state index contributed by atoms with van der Waals surface area (Å²) in [6, 6.07) is 0. The number of hydrogen-bond donors (Lipinski definition) is 1. The zero-order valence-electron chi connectivity index (χ0n) is 8.06. The minimum atomic E-state index is -0.718.